The molecule has 0 fully saturated rings. The van der Waals surface area contributed by atoms with Crippen LogP contribution in [0.2, 0.25) is 0 Å². The lowest BCUT2D eigenvalue weighted by molar-refractivity contribution is 0.138. The summed E-state index contributed by atoms with van der Waals surface area (Å²) < 4.78 is 13.8. The van der Waals surface area contributed by atoms with Gasteiger partial charge in [0.25, 0.3) is 0 Å². The molecule has 2 rings (SSSR count). The van der Waals surface area contributed by atoms with E-state index >= 15 is 0 Å². The Balaban J connectivity index is 1.93. The lowest BCUT2D eigenvalue weighted by Crippen LogP contribution is -2.25. The Morgan fingerprint density at radius 2 is 1.67 bits per heavy atom. The first-order chi connectivity index (χ1) is 10.1. The first-order valence-electron chi connectivity index (χ1n) is 7.27. The van der Waals surface area contributed by atoms with E-state index < -0.39 is 6.10 Å². The second-order valence-electron chi connectivity index (χ2n) is 5.39. The van der Waals surface area contributed by atoms with Crippen LogP contribution in [0.4, 0.5) is 4.39 Å². The number of hydrogen-bond donors (Lipinski definition) is 1. The highest BCUT2D eigenvalue weighted by atomic mass is 19.1. The van der Waals surface area contributed by atoms with Crippen molar-refractivity contribution >= 4 is 0 Å². The van der Waals surface area contributed by atoms with E-state index in [4.69, 9.17) is 0 Å². The maximum atomic E-state index is 13.8. The van der Waals surface area contributed by atoms with Crippen molar-refractivity contribution in [1.29, 1.82) is 0 Å². The smallest absolute Gasteiger partial charge is 0.127 e. The molecule has 2 aromatic carbocycles. The Morgan fingerprint density at radius 3 is 2.33 bits per heavy atom. The van der Waals surface area contributed by atoms with Crippen molar-refractivity contribution in [1.82, 2.24) is 4.90 Å². The second kappa shape index (κ2) is 7.34. The van der Waals surface area contributed by atoms with Crippen LogP contribution in [-0.2, 0) is 0 Å². The van der Waals surface area contributed by atoms with E-state index in [-0.39, 0.29) is 11.9 Å². The Hall–Kier alpha value is -1.71. The average molecular weight is 287 g/mol. The number of hydrogen-bond acceptors (Lipinski definition) is 2. The summed E-state index contributed by atoms with van der Waals surface area (Å²) in [5, 5.41) is 10.2. The van der Waals surface area contributed by atoms with Crippen LogP contribution in [0.5, 0.6) is 0 Å². The van der Waals surface area contributed by atoms with Crippen LogP contribution >= 0.6 is 0 Å². The summed E-state index contributed by atoms with van der Waals surface area (Å²) in [7, 11) is 1.95. The van der Waals surface area contributed by atoms with Crippen LogP contribution in [0, 0.1) is 5.82 Å². The molecule has 3 heteroatoms. The van der Waals surface area contributed by atoms with Crippen LogP contribution in [0.1, 0.15) is 36.6 Å². The zero-order chi connectivity index (χ0) is 15.2. The summed E-state index contributed by atoms with van der Waals surface area (Å²) >= 11 is 0. The summed E-state index contributed by atoms with van der Waals surface area (Å²) in [5.74, 6) is -0.180. The van der Waals surface area contributed by atoms with Gasteiger partial charge in [-0.3, -0.25) is 4.90 Å². The second-order valence-corrected chi connectivity index (χ2v) is 5.39. The molecule has 0 radical (unpaired) electrons. The van der Waals surface area contributed by atoms with Gasteiger partial charge in [-0.2, -0.15) is 0 Å². The van der Waals surface area contributed by atoms with Crippen molar-refractivity contribution in [3.8, 4) is 0 Å². The normalized spacial score (nSPS) is 14.1. The van der Waals surface area contributed by atoms with E-state index in [0.29, 0.717) is 18.5 Å². The van der Waals surface area contributed by atoms with Gasteiger partial charge in [0.1, 0.15) is 5.82 Å². The van der Waals surface area contributed by atoms with Crippen LogP contribution < -0.4 is 0 Å². The van der Waals surface area contributed by atoms with Gasteiger partial charge in [0.15, 0.2) is 0 Å². The van der Waals surface area contributed by atoms with Gasteiger partial charge in [0.2, 0.25) is 0 Å². The van der Waals surface area contributed by atoms with E-state index in [0.717, 1.165) is 5.56 Å². The molecule has 112 valence electrons. The molecule has 1 N–H and O–H groups in total. The monoisotopic (exact) mass is 287 g/mol. The largest absolute Gasteiger partial charge is 0.388 e. The fourth-order valence-electron chi connectivity index (χ4n) is 2.41. The Labute approximate surface area is 125 Å². The molecular weight excluding hydrogens is 265 g/mol. The predicted octanol–water partition coefficient (Wildman–Crippen LogP) is 3.94. The van der Waals surface area contributed by atoms with Gasteiger partial charge in [-0.05, 0) is 32.0 Å². The van der Waals surface area contributed by atoms with Crippen molar-refractivity contribution in [2.24, 2.45) is 0 Å². The maximum absolute atomic E-state index is 13.8. The van der Waals surface area contributed by atoms with E-state index in [1.807, 2.05) is 56.4 Å². The summed E-state index contributed by atoms with van der Waals surface area (Å²) in [5.41, 5.74) is 1.61. The molecule has 0 aromatic heterocycles. The minimum absolute atomic E-state index is 0.0193. The molecule has 0 saturated carbocycles. The standard InChI is InChI=1S/C18H22FNO/c1-14(16-10-6-7-11-17(16)19)20(2)13-12-18(21)15-8-4-3-5-9-15/h3-11,14,18,21H,12-13H2,1-2H3. The Kier molecular flexibility index (Phi) is 5.48. The van der Waals surface area contributed by atoms with Gasteiger partial charge in [0, 0.05) is 18.2 Å². The zero-order valence-electron chi connectivity index (χ0n) is 12.5. The first-order valence-corrected chi connectivity index (χ1v) is 7.27. The Bertz CT molecular complexity index is 558. The molecule has 2 atom stereocenters. The number of benzene rings is 2. The highest BCUT2D eigenvalue weighted by Crippen LogP contribution is 2.23. The molecule has 0 aliphatic heterocycles. The highest BCUT2D eigenvalue weighted by Gasteiger charge is 2.16. The molecule has 21 heavy (non-hydrogen) atoms. The third-order valence-corrected chi connectivity index (χ3v) is 3.96. The molecule has 0 bridgehead atoms. The van der Waals surface area contributed by atoms with Crippen molar-refractivity contribution in [2.75, 3.05) is 13.6 Å². The molecule has 0 heterocycles. The van der Waals surface area contributed by atoms with Crippen LogP contribution in [0.15, 0.2) is 54.6 Å². The van der Waals surface area contributed by atoms with Crippen molar-refractivity contribution in [2.45, 2.75) is 25.5 Å². The third-order valence-electron chi connectivity index (χ3n) is 3.96. The number of halogens is 1. The number of aliphatic hydroxyl groups is 1. The van der Waals surface area contributed by atoms with E-state index in [9.17, 15) is 9.50 Å². The van der Waals surface area contributed by atoms with Crippen LogP contribution in [-0.4, -0.2) is 23.6 Å². The Morgan fingerprint density at radius 1 is 1.05 bits per heavy atom. The zero-order valence-corrected chi connectivity index (χ0v) is 12.5. The molecule has 0 aliphatic carbocycles. The lowest BCUT2D eigenvalue weighted by atomic mass is 10.0. The molecule has 2 unspecified atom stereocenters. The molecule has 2 aromatic rings. The van der Waals surface area contributed by atoms with Gasteiger partial charge in [-0.15, -0.1) is 0 Å². The van der Waals surface area contributed by atoms with Gasteiger partial charge in [-0.25, -0.2) is 4.39 Å². The average Bonchev–Trinajstić information content (AvgIpc) is 2.53. The molecule has 0 spiro atoms. The van der Waals surface area contributed by atoms with Gasteiger partial charge in [-0.1, -0.05) is 48.5 Å². The molecule has 0 aliphatic rings. The first kappa shape index (κ1) is 15.7. The quantitative estimate of drug-likeness (QED) is 0.870. The predicted molar refractivity (Wildman–Crippen MR) is 83.5 cm³/mol. The van der Waals surface area contributed by atoms with E-state index in [2.05, 4.69) is 4.90 Å². The lowest BCUT2D eigenvalue weighted by Gasteiger charge is -2.26. The van der Waals surface area contributed by atoms with E-state index in [1.54, 1.807) is 6.07 Å². The molecular formula is C18H22FNO. The third kappa shape index (κ3) is 4.13. The minimum atomic E-state index is -0.485. The summed E-state index contributed by atoms with van der Waals surface area (Å²) in [6.45, 7) is 2.68. The molecule has 0 saturated heterocycles. The fraction of sp³-hybridized carbons (Fsp3) is 0.333. The van der Waals surface area contributed by atoms with Crippen molar-refractivity contribution in [3.63, 3.8) is 0 Å². The van der Waals surface area contributed by atoms with Gasteiger partial charge >= 0.3 is 0 Å². The summed E-state index contributed by atoms with van der Waals surface area (Å²) in [6.07, 6.45) is 0.140. The summed E-state index contributed by atoms with van der Waals surface area (Å²) in [6, 6.07) is 16.4. The SMILES string of the molecule is CC(c1ccccc1F)N(C)CCC(O)c1ccccc1. The highest BCUT2D eigenvalue weighted by molar-refractivity contribution is 5.21. The number of aliphatic hydroxyl groups excluding tert-OH is 1. The van der Waals surface area contributed by atoms with E-state index in [1.165, 1.54) is 6.07 Å². The number of nitrogens with zero attached hydrogens (tertiary/aromatic N) is 1. The van der Waals surface area contributed by atoms with Gasteiger partial charge < -0.3 is 5.11 Å². The minimum Gasteiger partial charge on any atom is -0.388 e. The summed E-state index contributed by atoms with van der Waals surface area (Å²) in [4.78, 5) is 2.06. The van der Waals surface area contributed by atoms with Crippen molar-refractivity contribution < 1.29 is 9.50 Å². The van der Waals surface area contributed by atoms with Gasteiger partial charge in [0.05, 0.1) is 6.10 Å². The van der Waals surface area contributed by atoms with Crippen molar-refractivity contribution in [3.05, 3.63) is 71.5 Å². The van der Waals surface area contributed by atoms with Crippen LogP contribution in [0.3, 0.4) is 0 Å². The fourth-order valence-corrected chi connectivity index (χ4v) is 2.41. The maximum Gasteiger partial charge on any atom is 0.127 e. The van der Waals surface area contributed by atoms with Crippen LogP contribution in [0.25, 0.3) is 0 Å². The topological polar surface area (TPSA) is 23.5 Å². The number of rotatable bonds is 6. The molecule has 2 nitrogen and oxygen atoms in total. The molecule has 0 amide bonds.